The Morgan fingerprint density at radius 2 is 2.00 bits per heavy atom. The molecule has 0 fully saturated rings. The quantitative estimate of drug-likeness (QED) is 0.757. The van der Waals surface area contributed by atoms with Crippen LogP contribution in [0.25, 0.3) is 0 Å². The molecule has 1 aliphatic heterocycles. The summed E-state index contributed by atoms with van der Waals surface area (Å²) >= 11 is 0. The lowest BCUT2D eigenvalue weighted by atomic mass is 9.96. The largest absolute Gasteiger partial charge is 0.391 e. The minimum atomic E-state index is -4.08. The average Bonchev–Trinajstić information content (AvgIpc) is 2.15. The second kappa shape index (κ2) is 3.76. The fourth-order valence-electron chi connectivity index (χ4n) is 1.93. The molecule has 1 aromatic carbocycles. The van der Waals surface area contributed by atoms with Crippen molar-refractivity contribution in [2.45, 2.75) is 31.5 Å². The van der Waals surface area contributed by atoms with Crippen LogP contribution in [0.2, 0.25) is 0 Å². The van der Waals surface area contributed by atoms with Gasteiger partial charge < -0.3 is 5.32 Å². The first-order valence-electron chi connectivity index (χ1n) is 4.96. The van der Waals surface area contributed by atoms with Gasteiger partial charge in [-0.2, -0.15) is 13.2 Å². The first-order chi connectivity index (χ1) is 7.04. The van der Waals surface area contributed by atoms with Crippen LogP contribution in [0.3, 0.4) is 0 Å². The van der Waals surface area contributed by atoms with Gasteiger partial charge in [-0.05, 0) is 24.5 Å². The molecule has 1 nitrogen and oxygen atoms in total. The Bertz CT molecular complexity index is 346. The van der Waals surface area contributed by atoms with Crippen LogP contribution in [0.1, 0.15) is 18.4 Å². The number of aryl methyl sites for hydroxylation is 1. The van der Waals surface area contributed by atoms with Crippen LogP contribution in [0.4, 0.5) is 18.9 Å². The normalized spacial score (nSPS) is 20.6. The number of hydrogen-bond donors (Lipinski definition) is 1. The third-order valence-electron chi connectivity index (χ3n) is 2.62. The van der Waals surface area contributed by atoms with E-state index < -0.39 is 18.6 Å². The van der Waals surface area contributed by atoms with Crippen molar-refractivity contribution in [2.75, 3.05) is 5.32 Å². The highest BCUT2D eigenvalue weighted by Crippen LogP contribution is 2.30. The molecule has 1 aromatic rings. The number of nitrogens with one attached hydrogen (secondary N) is 1. The van der Waals surface area contributed by atoms with Gasteiger partial charge in [0.15, 0.2) is 0 Å². The molecule has 0 saturated carbocycles. The summed E-state index contributed by atoms with van der Waals surface area (Å²) in [5.74, 6) is 0. The minimum Gasteiger partial charge on any atom is -0.382 e. The van der Waals surface area contributed by atoms with Crippen LogP contribution < -0.4 is 5.32 Å². The second-order valence-corrected chi connectivity index (χ2v) is 3.86. The lowest BCUT2D eigenvalue weighted by molar-refractivity contribution is -0.137. The molecular formula is C11H12F3N. The van der Waals surface area contributed by atoms with Crippen molar-refractivity contribution in [1.29, 1.82) is 0 Å². The van der Waals surface area contributed by atoms with E-state index >= 15 is 0 Å². The standard InChI is InChI=1S/C11H12F3N/c12-11(13,14)7-9-6-5-8-3-1-2-4-10(8)15-9/h1-4,9,15H,5-7H2/t9-/m0/s1. The molecule has 0 radical (unpaired) electrons. The molecule has 0 spiro atoms. The minimum absolute atomic E-state index is 0.472. The molecule has 1 atom stereocenters. The maximum atomic E-state index is 12.2. The molecule has 0 unspecified atom stereocenters. The van der Waals surface area contributed by atoms with Crippen molar-refractivity contribution in [1.82, 2.24) is 0 Å². The number of hydrogen-bond acceptors (Lipinski definition) is 1. The van der Waals surface area contributed by atoms with Crippen molar-refractivity contribution >= 4 is 5.69 Å². The molecule has 0 bridgehead atoms. The fraction of sp³-hybridized carbons (Fsp3) is 0.455. The zero-order valence-corrected chi connectivity index (χ0v) is 8.14. The fourth-order valence-corrected chi connectivity index (χ4v) is 1.93. The summed E-state index contributed by atoms with van der Waals surface area (Å²) in [4.78, 5) is 0. The van der Waals surface area contributed by atoms with Crippen molar-refractivity contribution in [2.24, 2.45) is 0 Å². The van der Waals surface area contributed by atoms with E-state index in [1.807, 2.05) is 24.3 Å². The van der Waals surface area contributed by atoms with Gasteiger partial charge in [-0.3, -0.25) is 0 Å². The Hall–Kier alpha value is -1.19. The predicted octanol–water partition coefficient (Wildman–Crippen LogP) is 3.37. The van der Waals surface area contributed by atoms with Crippen LogP contribution in [-0.4, -0.2) is 12.2 Å². The van der Waals surface area contributed by atoms with E-state index in [1.165, 1.54) is 0 Å². The van der Waals surface area contributed by atoms with E-state index in [0.717, 1.165) is 17.7 Å². The molecular weight excluding hydrogens is 203 g/mol. The molecule has 1 aliphatic rings. The van der Waals surface area contributed by atoms with Gasteiger partial charge in [-0.1, -0.05) is 18.2 Å². The Balaban J connectivity index is 2.06. The molecule has 0 amide bonds. The van der Waals surface area contributed by atoms with E-state index in [4.69, 9.17) is 0 Å². The Kier molecular flexibility index (Phi) is 2.59. The van der Waals surface area contributed by atoms with Gasteiger partial charge in [-0.25, -0.2) is 0 Å². The van der Waals surface area contributed by atoms with Gasteiger partial charge >= 0.3 is 6.18 Å². The van der Waals surface area contributed by atoms with Crippen LogP contribution in [0.5, 0.6) is 0 Å². The number of fused-ring (bicyclic) bond motifs is 1. The summed E-state index contributed by atoms with van der Waals surface area (Å²) in [7, 11) is 0. The highest BCUT2D eigenvalue weighted by atomic mass is 19.4. The maximum absolute atomic E-state index is 12.2. The summed E-state index contributed by atoms with van der Waals surface area (Å²) in [6.45, 7) is 0. The number of anilines is 1. The zero-order valence-electron chi connectivity index (χ0n) is 8.14. The number of rotatable bonds is 1. The highest BCUT2D eigenvalue weighted by molar-refractivity contribution is 5.53. The van der Waals surface area contributed by atoms with Crippen LogP contribution in [-0.2, 0) is 6.42 Å². The Labute approximate surface area is 86.3 Å². The maximum Gasteiger partial charge on any atom is 0.391 e. The summed E-state index contributed by atoms with van der Waals surface area (Å²) < 4.78 is 36.5. The van der Waals surface area contributed by atoms with Gasteiger partial charge in [0.25, 0.3) is 0 Å². The molecule has 0 aromatic heterocycles. The number of para-hydroxylation sites is 1. The molecule has 1 N–H and O–H groups in total. The van der Waals surface area contributed by atoms with Gasteiger partial charge in [0.05, 0.1) is 6.42 Å². The van der Waals surface area contributed by atoms with Crippen LogP contribution in [0.15, 0.2) is 24.3 Å². The summed E-state index contributed by atoms with van der Waals surface area (Å²) in [6.07, 6.45) is -3.55. The van der Waals surface area contributed by atoms with E-state index in [0.29, 0.717) is 6.42 Å². The molecule has 2 rings (SSSR count). The molecule has 15 heavy (non-hydrogen) atoms. The topological polar surface area (TPSA) is 12.0 Å². The SMILES string of the molecule is FC(F)(F)C[C@@H]1CCc2ccccc2N1. The van der Waals surface area contributed by atoms with Gasteiger partial charge in [-0.15, -0.1) is 0 Å². The van der Waals surface area contributed by atoms with Gasteiger partial charge in [0.1, 0.15) is 0 Å². The predicted molar refractivity (Wildman–Crippen MR) is 52.8 cm³/mol. The Morgan fingerprint density at radius 3 is 2.73 bits per heavy atom. The molecule has 4 heteroatoms. The monoisotopic (exact) mass is 215 g/mol. The molecule has 0 saturated heterocycles. The van der Waals surface area contributed by atoms with E-state index in [2.05, 4.69) is 5.32 Å². The first kappa shape index (κ1) is 10.3. The number of benzene rings is 1. The summed E-state index contributed by atoms with van der Waals surface area (Å²) in [5.41, 5.74) is 1.95. The zero-order chi connectivity index (χ0) is 10.9. The van der Waals surface area contributed by atoms with E-state index in [-0.39, 0.29) is 0 Å². The lowest BCUT2D eigenvalue weighted by Gasteiger charge is -2.27. The number of halogens is 3. The molecule has 0 aliphatic carbocycles. The smallest absolute Gasteiger partial charge is 0.382 e. The third-order valence-corrected chi connectivity index (χ3v) is 2.62. The van der Waals surface area contributed by atoms with Crippen molar-refractivity contribution in [3.05, 3.63) is 29.8 Å². The van der Waals surface area contributed by atoms with E-state index in [1.54, 1.807) is 0 Å². The molecule has 82 valence electrons. The van der Waals surface area contributed by atoms with Crippen molar-refractivity contribution < 1.29 is 13.2 Å². The van der Waals surface area contributed by atoms with Crippen molar-refractivity contribution in [3.63, 3.8) is 0 Å². The molecule has 1 heterocycles. The number of alkyl halides is 3. The third kappa shape index (κ3) is 2.64. The van der Waals surface area contributed by atoms with Gasteiger partial charge in [0, 0.05) is 11.7 Å². The van der Waals surface area contributed by atoms with Crippen LogP contribution in [0, 0.1) is 0 Å². The van der Waals surface area contributed by atoms with Gasteiger partial charge in [0.2, 0.25) is 0 Å². The highest BCUT2D eigenvalue weighted by Gasteiger charge is 2.33. The average molecular weight is 215 g/mol. The van der Waals surface area contributed by atoms with E-state index in [9.17, 15) is 13.2 Å². The first-order valence-corrected chi connectivity index (χ1v) is 4.96. The van der Waals surface area contributed by atoms with Crippen molar-refractivity contribution in [3.8, 4) is 0 Å². The Morgan fingerprint density at radius 1 is 1.27 bits per heavy atom. The van der Waals surface area contributed by atoms with Crippen LogP contribution >= 0.6 is 0 Å². The summed E-state index contributed by atoms with van der Waals surface area (Å²) in [5, 5.41) is 2.93. The second-order valence-electron chi connectivity index (χ2n) is 3.86. The summed E-state index contributed by atoms with van der Waals surface area (Å²) in [6, 6.07) is 7.05. The lowest BCUT2D eigenvalue weighted by Crippen LogP contribution is -2.30.